The summed E-state index contributed by atoms with van der Waals surface area (Å²) >= 11 is 0. The highest BCUT2D eigenvalue weighted by atomic mass is 16.2. The maximum atomic E-state index is 11.4. The lowest BCUT2D eigenvalue weighted by Crippen LogP contribution is -2.43. The molecule has 0 saturated heterocycles. The van der Waals surface area contributed by atoms with Gasteiger partial charge in [0.25, 0.3) is 0 Å². The summed E-state index contributed by atoms with van der Waals surface area (Å²) in [5.74, 6) is 6.15. The Morgan fingerprint density at radius 3 is 2.50 bits per heavy atom. The maximum Gasteiger partial charge on any atom is 0.236 e. The Kier molecular flexibility index (Phi) is 6.87. The van der Waals surface area contributed by atoms with Crippen LogP contribution in [0.5, 0.6) is 0 Å². The Balaban J connectivity index is 3.68. The van der Waals surface area contributed by atoms with Crippen LogP contribution in [0.25, 0.3) is 0 Å². The van der Waals surface area contributed by atoms with E-state index in [0.29, 0.717) is 12.5 Å². The normalized spacial score (nSPS) is 11.8. The molecular weight excluding hydrogens is 176 g/mol. The minimum Gasteiger partial charge on any atom is -0.354 e. The van der Waals surface area contributed by atoms with Gasteiger partial charge in [0.2, 0.25) is 5.91 Å². The summed E-state index contributed by atoms with van der Waals surface area (Å²) in [6.45, 7) is 9.05. The number of nitrogens with one attached hydrogen (secondary N) is 2. The molecule has 0 bridgehead atoms. The SMILES string of the molecule is CC#CCNC(C)C(=O)NCC(C)C. The largest absolute Gasteiger partial charge is 0.354 e. The molecule has 0 heterocycles. The van der Waals surface area contributed by atoms with E-state index in [1.807, 2.05) is 6.92 Å². The monoisotopic (exact) mass is 196 g/mol. The van der Waals surface area contributed by atoms with Crippen molar-refractivity contribution in [1.29, 1.82) is 0 Å². The molecule has 3 heteroatoms. The quantitative estimate of drug-likeness (QED) is 0.637. The predicted molar refractivity (Wildman–Crippen MR) is 58.8 cm³/mol. The maximum absolute atomic E-state index is 11.4. The average molecular weight is 196 g/mol. The summed E-state index contributed by atoms with van der Waals surface area (Å²) in [6.07, 6.45) is 0. The molecule has 80 valence electrons. The van der Waals surface area contributed by atoms with E-state index in [-0.39, 0.29) is 11.9 Å². The molecular formula is C11H20N2O. The van der Waals surface area contributed by atoms with Crippen LogP contribution in [0.4, 0.5) is 0 Å². The molecule has 0 aliphatic rings. The van der Waals surface area contributed by atoms with Gasteiger partial charge in [-0.05, 0) is 19.8 Å². The van der Waals surface area contributed by atoms with E-state index >= 15 is 0 Å². The smallest absolute Gasteiger partial charge is 0.236 e. The Labute approximate surface area is 86.6 Å². The van der Waals surface area contributed by atoms with Gasteiger partial charge in [-0.25, -0.2) is 0 Å². The van der Waals surface area contributed by atoms with E-state index in [9.17, 15) is 4.79 Å². The zero-order chi connectivity index (χ0) is 11.0. The van der Waals surface area contributed by atoms with Crippen LogP contribution in [0.2, 0.25) is 0 Å². The number of carbonyl (C=O) groups excluding carboxylic acids is 1. The molecule has 0 aromatic heterocycles. The molecule has 1 amide bonds. The molecule has 0 spiro atoms. The highest BCUT2D eigenvalue weighted by Gasteiger charge is 2.10. The Bertz CT molecular complexity index is 225. The van der Waals surface area contributed by atoms with Gasteiger partial charge in [0.05, 0.1) is 12.6 Å². The zero-order valence-corrected chi connectivity index (χ0v) is 9.48. The van der Waals surface area contributed by atoms with Crippen LogP contribution in [0, 0.1) is 17.8 Å². The van der Waals surface area contributed by atoms with Crippen LogP contribution in [0.15, 0.2) is 0 Å². The van der Waals surface area contributed by atoms with Crippen molar-refractivity contribution in [2.24, 2.45) is 5.92 Å². The van der Waals surface area contributed by atoms with Crippen molar-refractivity contribution < 1.29 is 4.79 Å². The van der Waals surface area contributed by atoms with Crippen molar-refractivity contribution in [2.45, 2.75) is 33.7 Å². The van der Waals surface area contributed by atoms with Crippen LogP contribution in [0.1, 0.15) is 27.7 Å². The Morgan fingerprint density at radius 2 is 2.00 bits per heavy atom. The van der Waals surface area contributed by atoms with Gasteiger partial charge >= 0.3 is 0 Å². The van der Waals surface area contributed by atoms with Crippen molar-refractivity contribution in [2.75, 3.05) is 13.1 Å². The van der Waals surface area contributed by atoms with Crippen LogP contribution >= 0.6 is 0 Å². The first-order valence-corrected chi connectivity index (χ1v) is 4.98. The summed E-state index contributed by atoms with van der Waals surface area (Å²) in [5, 5.41) is 5.88. The summed E-state index contributed by atoms with van der Waals surface area (Å²) in [6, 6.07) is -0.172. The molecule has 2 N–H and O–H groups in total. The molecule has 0 aromatic carbocycles. The first kappa shape index (κ1) is 13.0. The van der Waals surface area contributed by atoms with Gasteiger partial charge in [-0.2, -0.15) is 0 Å². The molecule has 0 rings (SSSR count). The average Bonchev–Trinajstić information content (AvgIpc) is 2.14. The van der Waals surface area contributed by atoms with Gasteiger partial charge in [0.1, 0.15) is 0 Å². The second kappa shape index (κ2) is 7.40. The van der Waals surface area contributed by atoms with E-state index in [4.69, 9.17) is 0 Å². The van der Waals surface area contributed by atoms with Crippen molar-refractivity contribution in [3.05, 3.63) is 0 Å². The lowest BCUT2D eigenvalue weighted by molar-refractivity contribution is -0.122. The van der Waals surface area contributed by atoms with Crippen LogP contribution in [0.3, 0.4) is 0 Å². The molecule has 1 unspecified atom stereocenters. The molecule has 14 heavy (non-hydrogen) atoms. The summed E-state index contributed by atoms with van der Waals surface area (Å²) in [5.41, 5.74) is 0. The highest BCUT2D eigenvalue weighted by molar-refractivity contribution is 5.81. The van der Waals surface area contributed by atoms with E-state index in [2.05, 4.69) is 36.3 Å². The molecule has 0 aliphatic heterocycles. The molecule has 1 atom stereocenters. The van der Waals surface area contributed by atoms with Gasteiger partial charge in [0, 0.05) is 6.54 Å². The van der Waals surface area contributed by atoms with Gasteiger partial charge in [-0.1, -0.05) is 19.8 Å². The van der Waals surface area contributed by atoms with E-state index in [0.717, 1.165) is 6.54 Å². The summed E-state index contributed by atoms with van der Waals surface area (Å²) in [4.78, 5) is 11.4. The van der Waals surface area contributed by atoms with Crippen LogP contribution in [-0.2, 0) is 4.79 Å². The van der Waals surface area contributed by atoms with Gasteiger partial charge in [-0.3, -0.25) is 10.1 Å². The van der Waals surface area contributed by atoms with Crippen LogP contribution < -0.4 is 10.6 Å². The second-order valence-corrected chi connectivity index (χ2v) is 3.67. The van der Waals surface area contributed by atoms with Crippen molar-refractivity contribution in [3.8, 4) is 11.8 Å². The van der Waals surface area contributed by atoms with Crippen LogP contribution in [-0.4, -0.2) is 25.0 Å². The minimum atomic E-state index is -0.172. The number of amides is 1. The van der Waals surface area contributed by atoms with Gasteiger partial charge < -0.3 is 5.32 Å². The minimum absolute atomic E-state index is 0.0385. The first-order valence-electron chi connectivity index (χ1n) is 4.98. The van der Waals surface area contributed by atoms with Crippen molar-refractivity contribution in [1.82, 2.24) is 10.6 Å². The summed E-state index contributed by atoms with van der Waals surface area (Å²) in [7, 11) is 0. The first-order chi connectivity index (χ1) is 6.57. The van der Waals surface area contributed by atoms with Gasteiger partial charge in [0.15, 0.2) is 0 Å². The van der Waals surface area contributed by atoms with Crippen molar-refractivity contribution in [3.63, 3.8) is 0 Å². The molecule has 3 nitrogen and oxygen atoms in total. The standard InChI is InChI=1S/C11H20N2O/c1-5-6-7-12-10(4)11(14)13-8-9(2)3/h9-10,12H,7-8H2,1-4H3,(H,13,14). The number of carbonyl (C=O) groups is 1. The third-order valence-corrected chi connectivity index (χ3v) is 1.75. The molecule has 0 fully saturated rings. The molecule has 0 radical (unpaired) electrons. The molecule has 0 aliphatic carbocycles. The number of hydrogen-bond acceptors (Lipinski definition) is 2. The number of hydrogen-bond donors (Lipinski definition) is 2. The second-order valence-electron chi connectivity index (χ2n) is 3.67. The van der Waals surface area contributed by atoms with Crippen molar-refractivity contribution >= 4 is 5.91 Å². The van der Waals surface area contributed by atoms with E-state index in [1.54, 1.807) is 6.92 Å². The highest BCUT2D eigenvalue weighted by Crippen LogP contribution is 1.88. The Morgan fingerprint density at radius 1 is 1.36 bits per heavy atom. The van der Waals surface area contributed by atoms with Gasteiger partial charge in [-0.15, -0.1) is 5.92 Å². The molecule has 0 saturated carbocycles. The lowest BCUT2D eigenvalue weighted by atomic mass is 10.2. The lowest BCUT2D eigenvalue weighted by Gasteiger charge is -2.13. The number of rotatable bonds is 5. The topological polar surface area (TPSA) is 41.1 Å². The predicted octanol–water partition coefficient (Wildman–Crippen LogP) is 0.760. The third-order valence-electron chi connectivity index (χ3n) is 1.75. The zero-order valence-electron chi connectivity index (χ0n) is 9.48. The fourth-order valence-corrected chi connectivity index (χ4v) is 0.843. The van der Waals surface area contributed by atoms with E-state index in [1.165, 1.54) is 0 Å². The fraction of sp³-hybridized carbons (Fsp3) is 0.727. The van der Waals surface area contributed by atoms with E-state index < -0.39 is 0 Å². The molecule has 0 aromatic rings. The summed E-state index contributed by atoms with van der Waals surface area (Å²) < 4.78 is 0. The Hall–Kier alpha value is -1.01. The third kappa shape index (κ3) is 6.50. The fourth-order valence-electron chi connectivity index (χ4n) is 0.843.